The second-order valence-corrected chi connectivity index (χ2v) is 6.28. The molecule has 1 atom stereocenters. The van der Waals surface area contributed by atoms with Crippen LogP contribution in [0.5, 0.6) is 0 Å². The number of amides is 1. The fourth-order valence-electron chi connectivity index (χ4n) is 2.88. The molecule has 1 amide bonds. The number of aromatic nitrogens is 6. The van der Waals surface area contributed by atoms with Crippen molar-refractivity contribution in [2.45, 2.75) is 26.3 Å². The molecule has 0 aliphatic carbocycles. The lowest BCUT2D eigenvalue weighted by Gasteiger charge is -2.18. The van der Waals surface area contributed by atoms with E-state index in [1.54, 1.807) is 30.9 Å². The smallest absolute Gasteiger partial charge is 0.268 e. The predicted molar refractivity (Wildman–Crippen MR) is 90.0 cm³/mol. The van der Waals surface area contributed by atoms with Crippen LogP contribution >= 0.6 is 0 Å². The molecule has 1 aliphatic rings. The third kappa shape index (κ3) is 4.20. The molecule has 1 N–H and O–H groups in total. The number of hydrogen-bond donors (Lipinski definition) is 1. The number of nitrogens with one attached hydrogen (secondary N) is 1. The Hall–Kier alpha value is -2.78. The fourth-order valence-corrected chi connectivity index (χ4v) is 2.88. The van der Waals surface area contributed by atoms with Gasteiger partial charge in [-0.05, 0) is 29.7 Å². The minimum Gasteiger partial charge on any atom is -0.370 e. The summed E-state index contributed by atoms with van der Waals surface area (Å²) in [6, 6.07) is 1.60. The van der Waals surface area contributed by atoms with Gasteiger partial charge in [-0.2, -0.15) is 5.10 Å². The van der Waals surface area contributed by atoms with Crippen LogP contribution in [-0.4, -0.2) is 55.5 Å². The SMILES string of the molecule is Cc1nnnn1CCC(=O)NCC1CCN(c2cnn(C)c(=O)c2)C1. The number of nitrogens with zero attached hydrogens (tertiary/aromatic N) is 7. The van der Waals surface area contributed by atoms with E-state index >= 15 is 0 Å². The van der Waals surface area contributed by atoms with Crippen molar-refractivity contribution in [2.24, 2.45) is 13.0 Å². The molecule has 0 spiro atoms. The number of carbonyl (C=O) groups is 1. The molecule has 3 rings (SSSR count). The van der Waals surface area contributed by atoms with Gasteiger partial charge < -0.3 is 10.2 Å². The molecule has 1 fully saturated rings. The van der Waals surface area contributed by atoms with Crippen LogP contribution < -0.4 is 15.8 Å². The molecule has 0 radical (unpaired) electrons. The molecule has 10 heteroatoms. The number of tetrazole rings is 1. The van der Waals surface area contributed by atoms with Crippen molar-refractivity contribution >= 4 is 11.6 Å². The van der Waals surface area contributed by atoms with Crippen LogP contribution in [0.4, 0.5) is 5.69 Å². The highest BCUT2D eigenvalue weighted by Crippen LogP contribution is 2.21. The fraction of sp³-hybridized carbons (Fsp3) is 0.600. The van der Waals surface area contributed by atoms with E-state index in [0.717, 1.165) is 25.2 Å². The Morgan fingerprint density at radius 3 is 3.00 bits per heavy atom. The van der Waals surface area contributed by atoms with E-state index in [-0.39, 0.29) is 11.5 Å². The van der Waals surface area contributed by atoms with Crippen LogP contribution in [0, 0.1) is 12.8 Å². The standard InChI is InChI=1S/C15H22N8O2/c1-11-18-19-20-23(11)6-4-14(24)16-8-12-3-5-22(10-12)13-7-15(25)21(2)17-9-13/h7,9,12H,3-6,8,10H2,1-2H3,(H,16,24). The molecule has 1 unspecified atom stereocenters. The molecule has 2 aromatic rings. The highest BCUT2D eigenvalue weighted by Gasteiger charge is 2.23. The lowest BCUT2D eigenvalue weighted by molar-refractivity contribution is -0.121. The number of aryl methyl sites for hydroxylation is 3. The summed E-state index contributed by atoms with van der Waals surface area (Å²) in [6.07, 6.45) is 3.03. The monoisotopic (exact) mass is 346 g/mol. The van der Waals surface area contributed by atoms with Crippen LogP contribution in [-0.2, 0) is 18.4 Å². The van der Waals surface area contributed by atoms with Crippen LogP contribution in [0.25, 0.3) is 0 Å². The molecule has 0 bridgehead atoms. The highest BCUT2D eigenvalue weighted by molar-refractivity contribution is 5.75. The zero-order valence-electron chi connectivity index (χ0n) is 14.4. The van der Waals surface area contributed by atoms with Crippen molar-refractivity contribution in [1.29, 1.82) is 0 Å². The molecule has 0 aromatic carbocycles. The van der Waals surface area contributed by atoms with E-state index in [2.05, 4.69) is 30.8 Å². The van der Waals surface area contributed by atoms with Gasteiger partial charge in [0.05, 0.1) is 18.4 Å². The molecule has 10 nitrogen and oxygen atoms in total. The van der Waals surface area contributed by atoms with E-state index in [1.807, 2.05) is 0 Å². The van der Waals surface area contributed by atoms with Crippen molar-refractivity contribution in [1.82, 2.24) is 35.3 Å². The summed E-state index contributed by atoms with van der Waals surface area (Å²) in [5.41, 5.74) is 0.721. The topological polar surface area (TPSA) is 111 Å². The van der Waals surface area contributed by atoms with E-state index in [4.69, 9.17) is 0 Å². The van der Waals surface area contributed by atoms with Gasteiger partial charge in [-0.1, -0.05) is 0 Å². The molecule has 25 heavy (non-hydrogen) atoms. The second kappa shape index (κ2) is 7.41. The maximum Gasteiger partial charge on any atom is 0.268 e. The quantitative estimate of drug-likeness (QED) is 0.722. The summed E-state index contributed by atoms with van der Waals surface area (Å²) >= 11 is 0. The van der Waals surface area contributed by atoms with Crippen molar-refractivity contribution < 1.29 is 4.79 Å². The molecule has 3 heterocycles. The van der Waals surface area contributed by atoms with Gasteiger partial charge >= 0.3 is 0 Å². The van der Waals surface area contributed by atoms with Gasteiger partial charge in [-0.3, -0.25) is 9.59 Å². The van der Waals surface area contributed by atoms with Crippen molar-refractivity contribution in [3.63, 3.8) is 0 Å². The average Bonchev–Trinajstić information content (AvgIpc) is 3.22. The van der Waals surface area contributed by atoms with Gasteiger partial charge in [0.1, 0.15) is 5.82 Å². The lowest BCUT2D eigenvalue weighted by atomic mass is 10.1. The molecule has 2 aromatic heterocycles. The first-order valence-electron chi connectivity index (χ1n) is 8.30. The Bertz CT molecular complexity index is 799. The molecule has 1 aliphatic heterocycles. The zero-order valence-corrected chi connectivity index (χ0v) is 14.4. The van der Waals surface area contributed by atoms with Gasteiger partial charge in [0.25, 0.3) is 5.56 Å². The maximum absolute atomic E-state index is 12.0. The normalized spacial score (nSPS) is 17.0. The van der Waals surface area contributed by atoms with Gasteiger partial charge in [-0.25, -0.2) is 9.36 Å². The van der Waals surface area contributed by atoms with Crippen molar-refractivity contribution in [2.75, 3.05) is 24.5 Å². The number of anilines is 1. The average molecular weight is 346 g/mol. The van der Waals surface area contributed by atoms with E-state index in [0.29, 0.717) is 31.3 Å². The second-order valence-electron chi connectivity index (χ2n) is 6.28. The third-order valence-electron chi connectivity index (χ3n) is 4.45. The molecule has 1 saturated heterocycles. The summed E-state index contributed by atoms with van der Waals surface area (Å²) in [5.74, 6) is 1.05. The van der Waals surface area contributed by atoms with Gasteiger partial charge in [0.2, 0.25) is 5.91 Å². The molecule has 0 saturated carbocycles. The van der Waals surface area contributed by atoms with E-state index < -0.39 is 0 Å². The molecule has 134 valence electrons. The Morgan fingerprint density at radius 1 is 1.44 bits per heavy atom. The predicted octanol–water partition coefficient (Wildman–Crippen LogP) is -0.892. The molecular weight excluding hydrogens is 324 g/mol. The summed E-state index contributed by atoms with van der Waals surface area (Å²) < 4.78 is 2.92. The van der Waals surface area contributed by atoms with E-state index in [9.17, 15) is 9.59 Å². The van der Waals surface area contributed by atoms with Gasteiger partial charge in [-0.15, -0.1) is 5.10 Å². The minimum absolute atomic E-state index is 0.0106. The number of carbonyl (C=O) groups excluding carboxylic acids is 1. The van der Waals surface area contributed by atoms with Crippen LogP contribution in [0.2, 0.25) is 0 Å². The summed E-state index contributed by atoms with van der Waals surface area (Å²) in [7, 11) is 1.63. The lowest BCUT2D eigenvalue weighted by Crippen LogP contribution is -2.32. The Balaban J connectivity index is 1.43. The number of rotatable bonds is 6. The first kappa shape index (κ1) is 17.1. The summed E-state index contributed by atoms with van der Waals surface area (Å²) in [5, 5.41) is 18.2. The number of hydrogen-bond acceptors (Lipinski definition) is 7. The maximum atomic E-state index is 12.0. The molecular formula is C15H22N8O2. The third-order valence-corrected chi connectivity index (χ3v) is 4.45. The first-order valence-corrected chi connectivity index (χ1v) is 8.30. The van der Waals surface area contributed by atoms with Gasteiger partial charge in [0.15, 0.2) is 0 Å². The Morgan fingerprint density at radius 2 is 2.28 bits per heavy atom. The largest absolute Gasteiger partial charge is 0.370 e. The van der Waals surface area contributed by atoms with Crippen molar-refractivity contribution in [3.05, 3.63) is 28.4 Å². The van der Waals surface area contributed by atoms with Crippen molar-refractivity contribution in [3.8, 4) is 0 Å². The van der Waals surface area contributed by atoms with Crippen LogP contribution in [0.1, 0.15) is 18.7 Å². The first-order chi connectivity index (χ1) is 12.0. The zero-order chi connectivity index (χ0) is 17.8. The van der Waals surface area contributed by atoms with E-state index in [1.165, 1.54) is 4.68 Å². The van der Waals surface area contributed by atoms with Crippen LogP contribution in [0.15, 0.2) is 17.1 Å². The van der Waals surface area contributed by atoms with Crippen LogP contribution in [0.3, 0.4) is 0 Å². The Labute approximate surface area is 144 Å². The summed E-state index contributed by atoms with van der Waals surface area (Å²) in [4.78, 5) is 25.8. The minimum atomic E-state index is -0.118. The Kier molecular flexibility index (Phi) is 5.05. The highest BCUT2D eigenvalue weighted by atomic mass is 16.1. The summed E-state index contributed by atoms with van der Waals surface area (Å²) in [6.45, 7) is 4.57. The van der Waals surface area contributed by atoms with Gasteiger partial charge in [0, 0.05) is 39.2 Å².